The third-order valence-electron chi connectivity index (χ3n) is 2.18. The Balaban J connectivity index is 2.61. The van der Waals surface area contributed by atoms with Gasteiger partial charge >= 0.3 is 0 Å². The summed E-state index contributed by atoms with van der Waals surface area (Å²) in [7, 11) is 1.40. The van der Waals surface area contributed by atoms with Crippen LogP contribution in [-0.4, -0.2) is 19.1 Å². The Morgan fingerprint density at radius 1 is 1.50 bits per heavy atom. The average molecular weight is 229 g/mol. The molecule has 0 saturated heterocycles. The van der Waals surface area contributed by atoms with Crippen molar-refractivity contribution in [3.05, 3.63) is 35.4 Å². The highest BCUT2D eigenvalue weighted by Gasteiger charge is 2.12. The van der Waals surface area contributed by atoms with Crippen LogP contribution in [0.15, 0.2) is 18.2 Å². The Kier molecular flexibility index (Phi) is 4.37. The molecule has 0 spiro atoms. The summed E-state index contributed by atoms with van der Waals surface area (Å²) >= 11 is 0. The third kappa shape index (κ3) is 3.27. The van der Waals surface area contributed by atoms with E-state index in [1.165, 1.54) is 7.11 Å². The summed E-state index contributed by atoms with van der Waals surface area (Å²) in [4.78, 5) is 11.3. The number of carbonyl (C=O) groups excluding carboxylic acids is 1. The van der Waals surface area contributed by atoms with Crippen molar-refractivity contribution in [3.63, 3.8) is 0 Å². The van der Waals surface area contributed by atoms with E-state index in [1.54, 1.807) is 6.92 Å². The third-order valence-corrected chi connectivity index (χ3v) is 2.18. The van der Waals surface area contributed by atoms with Crippen molar-refractivity contribution in [2.24, 2.45) is 0 Å². The Bertz CT molecular complexity index is 382. The van der Waals surface area contributed by atoms with E-state index >= 15 is 0 Å². The number of methoxy groups -OCH3 is 1. The molecular formula is C11H13F2NO2. The molecule has 5 heteroatoms. The SMILES string of the molecule is COC(C)C(=O)NCc1cc(F)ccc1F. The summed E-state index contributed by atoms with van der Waals surface area (Å²) < 4.78 is 30.7. The molecule has 0 heterocycles. The molecule has 1 aromatic rings. The molecule has 1 N–H and O–H groups in total. The van der Waals surface area contributed by atoms with E-state index in [-0.39, 0.29) is 18.0 Å². The minimum absolute atomic E-state index is 0.0594. The number of carbonyl (C=O) groups is 1. The molecule has 1 aromatic carbocycles. The number of nitrogens with one attached hydrogen (secondary N) is 1. The number of hydrogen-bond donors (Lipinski definition) is 1. The molecule has 1 rings (SSSR count). The van der Waals surface area contributed by atoms with E-state index in [0.717, 1.165) is 18.2 Å². The van der Waals surface area contributed by atoms with Crippen LogP contribution < -0.4 is 5.32 Å². The van der Waals surface area contributed by atoms with Crippen molar-refractivity contribution in [2.75, 3.05) is 7.11 Å². The first-order chi connectivity index (χ1) is 7.54. The predicted octanol–water partition coefficient (Wildman–Crippen LogP) is 1.62. The lowest BCUT2D eigenvalue weighted by Crippen LogP contribution is -2.33. The normalized spacial score (nSPS) is 12.2. The maximum atomic E-state index is 13.2. The van der Waals surface area contributed by atoms with E-state index in [0.29, 0.717) is 0 Å². The quantitative estimate of drug-likeness (QED) is 0.851. The van der Waals surface area contributed by atoms with Crippen LogP contribution in [0.1, 0.15) is 12.5 Å². The molecule has 16 heavy (non-hydrogen) atoms. The van der Waals surface area contributed by atoms with Crippen LogP contribution in [0.2, 0.25) is 0 Å². The lowest BCUT2D eigenvalue weighted by molar-refractivity contribution is -0.130. The van der Waals surface area contributed by atoms with Crippen molar-refractivity contribution >= 4 is 5.91 Å². The number of benzene rings is 1. The summed E-state index contributed by atoms with van der Waals surface area (Å²) in [5, 5.41) is 2.45. The van der Waals surface area contributed by atoms with E-state index in [1.807, 2.05) is 0 Å². The maximum Gasteiger partial charge on any atom is 0.249 e. The summed E-state index contributed by atoms with van der Waals surface area (Å²) in [5.41, 5.74) is 0.108. The van der Waals surface area contributed by atoms with Gasteiger partial charge in [0, 0.05) is 19.2 Å². The molecule has 1 amide bonds. The van der Waals surface area contributed by atoms with Gasteiger partial charge in [0.05, 0.1) is 0 Å². The van der Waals surface area contributed by atoms with Gasteiger partial charge in [-0.05, 0) is 25.1 Å². The Morgan fingerprint density at radius 3 is 2.81 bits per heavy atom. The molecular weight excluding hydrogens is 216 g/mol. The van der Waals surface area contributed by atoms with Crippen LogP contribution in [0, 0.1) is 11.6 Å². The Hall–Kier alpha value is -1.49. The summed E-state index contributed by atoms with van der Waals surface area (Å²) in [5.74, 6) is -1.46. The largest absolute Gasteiger partial charge is 0.372 e. The van der Waals surface area contributed by atoms with Gasteiger partial charge in [0.25, 0.3) is 0 Å². The zero-order chi connectivity index (χ0) is 12.1. The standard InChI is InChI=1S/C11H13F2NO2/c1-7(16-2)11(15)14-6-8-5-9(12)3-4-10(8)13/h3-5,7H,6H2,1-2H3,(H,14,15). The zero-order valence-corrected chi connectivity index (χ0v) is 9.09. The topological polar surface area (TPSA) is 38.3 Å². The summed E-state index contributed by atoms with van der Waals surface area (Å²) in [6, 6.07) is 3.10. The molecule has 0 fully saturated rings. The highest BCUT2D eigenvalue weighted by molar-refractivity contribution is 5.80. The Labute approximate surface area is 92.4 Å². The second kappa shape index (κ2) is 5.55. The first kappa shape index (κ1) is 12.6. The van der Waals surface area contributed by atoms with Crippen LogP contribution in [-0.2, 0) is 16.1 Å². The molecule has 0 aliphatic heterocycles. The number of ether oxygens (including phenoxy) is 1. The fourth-order valence-electron chi connectivity index (χ4n) is 1.11. The van der Waals surface area contributed by atoms with Crippen LogP contribution in [0.3, 0.4) is 0 Å². The van der Waals surface area contributed by atoms with Crippen LogP contribution >= 0.6 is 0 Å². The van der Waals surface area contributed by atoms with E-state index in [2.05, 4.69) is 5.32 Å². The van der Waals surface area contributed by atoms with Gasteiger partial charge in [0.2, 0.25) is 5.91 Å². The molecule has 3 nitrogen and oxygen atoms in total. The maximum absolute atomic E-state index is 13.2. The number of amides is 1. The van der Waals surface area contributed by atoms with Crippen LogP contribution in [0.25, 0.3) is 0 Å². The molecule has 1 unspecified atom stereocenters. The van der Waals surface area contributed by atoms with Gasteiger partial charge in [0.15, 0.2) is 0 Å². The van der Waals surface area contributed by atoms with Gasteiger partial charge in [-0.3, -0.25) is 4.79 Å². The number of halogens is 2. The second-order valence-corrected chi connectivity index (χ2v) is 3.33. The smallest absolute Gasteiger partial charge is 0.249 e. The fraction of sp³-hybridized carbons (Fsp3) is 0.364. The van der Waals surface area contributed by atoms with E-state index < -0.39 is 17.7 Å². The van der Waals surface area contributed by atoms with Crippen molar-refractivity contribution < 1.29 is 18.3 Å². The summed E-state index contributed by atoms with van der Waals surface area (Å²) in [6.45, 7) is 1.51. The van der Waals surface area contributed by atoms with Gasteiger partial charge in [-0.2, -0.15) is 0 Å². The van der Waals surface area contributed by atoms with Gasteiger partial charge in [-0.15, -0.1) is 0 Å². The minimum atomic E-state index is -0.614. The number of hydrogen-bond acceptors (Lipinski definition) is 2. The molecule has 88 valence electrons. The van der Waals surface area contributed by atoms with Crippen molar-refractivity contribution in [2.45, 2.75) is 19.6 Å². The van der Waals surface area contributed by atoms with Crippen molar-refractivity contribution in [1.82, 2.24) is 5.32 Å². The predicted molar refractivity (Wildman–Crippen MR) is 54.7 cm³/mol. The molecule has 0 radical (unpaired) electrons. The first-order valence-electron chi connectivity index (χ1n) is 4.79. The molecule has 0 aromatic heterocycles. The highest BCUT2D eigenvalue weighted by atomic mass is 19.1. The monoisotopic (exact) mass is 229 g/mol. The molecule has 1 atom stereocenters. The zero-order valence-electron chi connectivity index (χ0n) is 9.09. The van der Waals surface area contributed by atoms with Crippen LogP contribution in [0.5, 0.6) is 0 Å². The van der Waals surface area contributed by atoms with E-state index in [4.69, 9.17) is 4.74 Å². The minimum Gasteiger partial charge on any atom is -0.372 e. The highest BCUT2D eigenvalue weighted by Crippen LogP contribution is 2.09. The number of rotatable bonds is 4. The van der Waals surface area contributed by atoms with Crippen molar-refractivity contribution in [3.8, 4) is 0 Å². The lowest BCUT2D eigenvalue weighted by Gasteiger charge is -2.10. The molecule has 0 aliphatic rings. The first-order valence-corrected chi connectivity index (χ1v) is 4.79. The Morgan fingerprint density at radius 2 is 2.19 bits per heavy atom. The van der Waals surface area contributed by atoms with Gasteiger partial charge in [-0.1, -0.05) is 0 Å². The molecule has 0 aliphatic carbocycles. The summed E-state index contributed by atoms with van der Waals surface area (Å²) in [6.07, 6.45) is -0.614. The fourth-order valence-corrected chi connectivity index (χ4v) is 1.11. The molecule has 0 saturated carbocycles. The van der Waals surface area contributed by atoms with Crippen LogP contribution in [0.4, 0.5) is 8.78 Å². The van der Waals surface area contributed by atoms with Gasteiger partial charge < -0.3 is 10.1 Å². The van der Waals surface area contributed by atoms with Gasteiger partial charge in [0.1, 0.15) is 17.7 Å². The van der Waals surface area contributed by atoms with Gasteiger partial charge in [-0.25, -0.2) is 8.78 Å². The van der Waals surface area contributed by atoms with Crippen molar-refractivity contribution in [1.29, 1.82) is 0 Å². The average Bonchev–Trinajstić information content (AvgIpc) is 2.28. The second-order valence-electron chi connectivity index (χ2n) is 3.33. The molecule has 0 bridgehead atoms. The lowest BCUT2D eigenvalue weighted by atomic mass is 10.2. The van der Waals surface area contributed by atoms with E-state index in [9.17, 15) is 13.6 Å².